The van der Waals surface area contributed by atoms with Crippen molar-refractivity contribution in [1.29, 1.82) is 0 Å². The lowest BCUT2D eigenvalue weighted by atomic mass is 9.96. The number of rotatable bonds is 3. The van der Waals surface area contributed by atoms with Gasteiger partial charge in [0.2, 0.25) is 0 Å². The maximum atomic E-state index is 14.3. The van der Waals surface area contributed by atoms with Crippen LogP contribution >= 0.6 is 0 Å². The Bertz CT molecular complexity index is 1190. The number of nitrogens with zero attached hydrogens (tertiary/aromatic N) is 1. The summed E-state index contributed by atoms with van der Waals surface area (Å²) in [7, 11) is -3.94. The zero-order valence-corrected chi connectivity index (χ0v) is 16.5. The molecular weight excluding hydrogens is 396 g/mol. The molecule has 0 amide bonds. The zero-order valence-electron chi connectivity index (χ0n) is 15.6. The van der Waals surface area contributed by atoms with Crippen LogP contribution in [0.15, 0.2) is 65.6 Å². The smallest absolute Gasteiger partial charge is 0.264 e. The maximum Gasteiger partial charge on any atom is 0.264 e. The van der Waals surface area contributed by atoms with Gasteiger partial charge in [0.25, 0.3) is 10.0 Å². The van der Waals surface area contributed by atoms with E-state index in [0.717, 1.165) is 28.1 Å². The molecule has 0 unspecified atom stereocenters. The van der Waals surface area contributed by atoms with Crippen molar-refractivity contribution in [2.45, 2.75) is 24.3 Å². The summed E-state index contributed by atoms with van der Waals surface area (Å²) in [5, 5.41) is 10.2. The summed E-state index contributed by atoms with van der Waals surface area (Å²) in [4.78, 5) is 0.111. The van der Waals surface area contributed by atoms with E-state index in [2.05, 4.69) is 0 Å². The van der Waals surface area contributed by atoms with Gasteiger partial charge in [-0.05, 0) is 60.0 Å². The third kappa shape index (κ3) is 3.63. The predicted molar refractivity (Wildman–Crippen MR) is 107 cm³/mol. The Hall–Kier alpha value is -2.77. The molecule has 150 valence electrons. The van der Waals surface area contributed by atoms with Crippen molar-refractivity contribution in [3.05, 3.63) is 83.4 Å². The molecule has 0 bridgehead atoms. The molecule has 0 radical (unpaired) electrons. The van der Waals surface area contributed by atoms with Gasteiger partial charge < -0.3 is 5.11 Å². The number of sulfonamides is 1. The van der Waals surface area contributed by atoms with Crippen LogP contribution in [0, 0.1) is 18.6 Å². The van der Waals surface area contributed by atoms with Crippen molar-refractivity contribution >= 4 is 15.7 Å². The van der Waals surface area contributed by atoms with Gasteiger partial charge in [-0.25, -0.2) is 17.2 Å². The van der Waals surface area contributed by atoms with E-state index in [4.69, 9.17) is 0 Å². The van der Waals surface area contributed by atoms with Crippen LogP contribution in [0.1, 0.15) is 11.1 Å². The number of fused-ring (bicyclic) bond motifs is 1. The van der Waals surface area contributed by atoms with Gasteiger partial charge in [-0.15, -0.1) is 0 Å². The Morgan fingerprint density at radius 3 is 2.59 bits per heavy atom. The SMILES string of the molecule is Cc1cccc(S(=O)(=O)N2C[C@H](O)Cc3ccc(-c4cc(F)ccc4F)cc32)c1. The van der Waals surface area contributed by atoms with E-state index >= 15 is 0 Å². The van der Waals surface area contributed by atoms with E-state index in [1.807, 2.05) is 0 Å². The van der Waals surface area contributed by atoms with Gasteiger partial charge in [0.05, 0.1) is 23.2 Å². The molecule has 1 heterocycles. The quantitative estimate of drug-likeness (QED) is 0.702. The third-order valence-corrected chi connectivity index (χ3v) is 6.78. The van der Waals surface area contributed by atoms with Crippen LogP contribution in [0.5, 0.6) is 0 Å². The van der Waals surface area contributed by atoms with E-state index in [-0.39, 0.29) is 23.4 Å². The molecule has 0 aromatic heterocycles. The summed E-state index contributed by atoms with van der Waals surface area (Å²) in [6.07, 6.45) is -0.583. The van der Waals surface area contributed by atoms with Crippen molar-refractivity contribution in [2.24, 2.45) is 0 Å². The Morgan fingerprint density at radius 2 is 1.83 bits per heavy atom. The first-order valence-electron chi connectivity index (χ1n) is 9.11. The minimum atomic E-state index is -3.94. The Labute approximate surface area is 168 Å². The lowest BCUT2D eigenvalue weighted by Gasteiger charge is -2.33. The molecule has 1 aliphatic rings. The summed E-state index contributed by atoms with van der Waals surface area (Å²) in [6.45, 7) is 1.68. The van der Waals surface area contributed by atoms with Crippen LogP contribution < -0.4 is 4.31 Å². The number of β-amino-alcohol motifs (C(OH)–C–C–N with tert-alkyl or cyclic N) is 1. The van der Waals surface area contributed by atoms with E-state index in [9.17, 15) is 22.3 Å². The molecule has 7 heteroatoms. The van der Waals surface area contributed by atoms with E-state index in [1.165, 1.54) is 12.1 Å². The largest absolute Gasteiger partial charge is 0.391 e. The zero-order chi connectivity index (χ0) is 20.8. The van der Waals surface area contributed by atoms with Crippen molar-refractivity contribution in [3.8, 4) is 11.1 Å². The molecule has 3 aromatic rings. The maximum absolute atomic E-state index is 14.3. The number of aliphatic hydroxyl groups excluding tert-OH is 1. The minimum absolute atomic E-state index is 0.0480. The summed E-state index contributed by atoms with van der Waals surface area (Å²) >= 11 is 0. The van der Waals surface area contributed by atoms with Gasteiger partial charge in [0.1, 0.15) is 11.6 Å². The van der Waals surface area contributed by atoms with Crippen molar-refractivity contribution < 1.29 is 22.3 Å². The fourth-order valence-corrected chi connectivity index (χ4v) is 5.23. The van der Waals surface area contributed by atoms with Crippen LogP contribution in [0.25, 0.3) is 11.1 Å². The molecule has 1 N–H and O–H groups in total. The first kappa shape index (κ1) is 19.5. The molecule has 0 fully saturated rings. The average Bonchev–Trinajstić information content (AvgIpc) is 2.69. The second-order valence-electron chi connectivity index (χ2n) is 7.18. The molecular formula is C22H19F2NO3S. The monoisotopic (exact) mass is 415 g/mol. The van der Waals surface area contributed by atoms with Gasteiger partial charge >= 0.3 is 0 Å². The third-order valence-electron chi connectivity index (χ3n) is 5.00. The molecule has 4 rings (SSSR count). The molecule has 0 saturated carbocycles. The summed E-state index contributed by atoms with van der Waals surface area (Å²) in [5.41, 5.74) is 2.19. The molecule has 0 aliphatic carbocycles. The Balaban J connectivity index is 1.86. The number of benzene rings is 3. The first-order chi connectivity index (χ1) is 13.8. The van der Waals surface area contributed by atoms with Crippen molar-refractivity contribution in [1.82, 2.24) is 0 Å². The molecule has 1 atom stereocenters. The number of anilines is 1. The highest BCUT2D eigenvalue weighted by molar-refractivity contribution is 7.92. The van der Waals surface area contributed by atoms with Crippen molar-refractivity contribution in [2.75, 3.05) is 10.8 Å². The Kier molecular flexibility index (Phi) is 4.88. The second kappa shape index (κ2) is 7.24. The second-order valence-corrected chi connectivity index (χ2v) is 9.04. The highest BCUT2D eigenvalue weighted by Crippen LogP contribution is 2.36. The number of aliphatic hydroxyl groups is 1. The van der Waals surface area contributed by atoms with Crippen molar-refractivity contribution in [3.63, 3.8) is 0 Å². The van der Waals surface area contributed by atoms with Crippen LogP contribution in [0.3, 0.4) is 0 Å². The molecule has 3 aromatic carbocycles. The Morgan fingerprint density at radius 1 is 1.03 bits per heavy atom. The number of hydrogen-bond donors (Lipinski definition) is 1. The summed E-state index contributed by atoms with van der Waals surface area (Å²) < 4.78 is 55.6. The lowest BCUT2D eigenvalue weighted by molar-refractivity contribution is 0.180. The van der Waals surface area contributed by atoms with Gasteiger partial charge in [-0.3, -0.25) is 4.31 Å². The van der Waals surface area contributed by atoms with Gasteiger partial charge in [-0.2, -0.15) is 0 Å². The predicted octanol–water partition coefficient (Wildman–Crippen LogP) is 4.05. The fraction of sp³-hybridized carbons (Fsp3) is 0.182. The molecule has 4 nitrogen and oxygen atoms in total. The minimum Gasteiger partial charge on any atom is -0.391 e. The number of hydrogen-bond acceptors (Lipinski definition) is 3. The summed E-state index contributed by atoms with van der Waals surface area (Å²) in [5.74, 6) is -1.19. The van der Waals surface area contributed by atoms with Crippen LogP contribution in [-0.4, -0.2) is 26.2 Å². The molecule has 0 spiro atoms. The van der Waals surface area contributed by atoms with E-state index < -0.39 is 27.8 Å². The first-order valence-corrected chi connectivity index (χ1v) is 10.6. The summed E-state index contributed by atoms with van der Waals surface area (Å²) in [6, 6.07) is 14.4. The lowest BCUT2D eigenvalue weighted by Crippen LogP contribution is -2.42. The van der Waals surface area contributed by atoms with Crippen LogP contribution in [0.4, 0.5) is 14.5 Å². The normalized spacial score (nSPS) is 16.6. The number of aryl methyl sites for hydroxylation is 1. The van der Waals surface area contributed by atoms with Crippen LogP contribution in [0.2, 0.25) is 0 Å². The van der Waals surface area contributed by atoms with Gasteiger partial charge in [0.15, 0.2) is 0 Å². The fourth-order valence-electron chi connectivity index (χ4n) is 3.59. The molecule has 0 saturated heterocycles. The standard InChI is InChI=1S/C22H19F2NO3S/c1-14-3-2-4-19(9-14)29(27,28)25-13-18(26)10-16-6-5-15(11-22(16)25)20-12-17(23)7-8-21(20)24/h2-9,11-12,18,26H,10,13H2,1H3/t18-/m1/s1. The van der Waals surface area contributed by atoms with Crippen LogP contribution in [-0.2, 0) is 16.4 Å². The number of halogens is 2. The highest BCUT2D eigenvalue weighted by Gasteiger charge is 2.33. The topological polar surface area (TPSA) is 57.6 Å². The molecule has 29 heavy (non-hydrogen) atoms. The van der Waals surface area contributed by atoms with Gasteiger partial charge in [0, 0.05) is 12.0 Å². The van der Waals surface area contributed by atoms with E-state index in [1.54, 1.807) is 37.3 Å². The highest BCUT2D eigenvalue weighted by atomic mass is 32.2. The average molecular weight is 415 g/mol. The molecule has 1 aliphatic heterocycles. The van der Waals surface area contributed by atoms with Gasteiger partial charge in [-0.1, -0.05) is 24.3 Å². The van der Waals surface area contributed by atoms with E-state index in [0.29, 0.717) is 16.8 Å².